The molecule has 0 saturated carbocycles. The zero-order chi connectivity index (χ0) is 21.2. The first-order chi connectivity index (χ1) is 13.6. The number of alkyl halides is 6. The van der Waals surface area contributed by atoms with Gasteiger partial charge in [0.15, 0.2) is 0 Å². The third-order valence-corrected chi connectivity index (χ3v) is 4.01. The Hall–Kier alpha value is -3.04. The van der Waals surface area contributed by atoms with Gasteiger partial charge in [-0.15, -0.1) is 0 Å². The van der Waals surface area contributed by atoms with Crippen LogP contribution in [0.4, 0.5) is 36.4 Å². The van der Waals surface area contributed by atoms with E-state index in [0.29, 0.717) is 0 Å². The van der Waals surface area contributed by atoms with Crippen molar-refractivity contribution < 1.29 is 35.5 Å². The lowest BCUT2D eigenvalue weighted by Gasteiger charge is -2.26. The molecule has 0 aromatic heterocycles. The lowest BCUT2D eigenvalue weighted by molar-refractivity contribution is -0.138. The van der Waals surface area contributed by atoms with Crippen LogP contribution >= 0.6 is 0 Å². The van der Waals surface area contributed by atoms with Gasteiger partial charge in [0, 0.05) is 0 Å². The summed E-state index contributed by atoms with van der Waals surface area (Å²) in [7, 11) is 0. The highest BCUT2D eigenvalue weighted by Gasteiger charge is 2.36. The Balaban J connectivity index is 1.72. The second-order valence-corrected chi connectivity index (χ2v) is 6.03. The maximum Gasteiger partial charge on any atom is 0.418 e. The Bertz CT molecular complexity index is 948. The number of rotatable bonds is 3. The molecule has 0 radical (unpaired) electrons. The molecule has 0 N–H and O–H groups in total. The second kappa shape index (κ2) is 7.76. The van der Waals surface area contributed by atoms with Gasteiger partial charge in [-0.2, -0.15) is 30.7 Å². The maximum absolute atomic E-state index is 14.4. The highest BCUT2D eigenvalue weighted by atomic mass is 19.4. The quantitative estimate of drug-likeness (QED) is 0.456. The number of para-hydroxylation sites is 1. The first-order valence-electron chi connectivity index (χ1n) is 8.20. The molecule has 0 saturated heterocycles. The van der Waals surface area contributed by atoms with Gasteiger partial charge in [-0.25, -0.2) is 4.99 Å². The van der Waals surface area contributed by atoms with Crippen molar-refractivity contribution in [3.8, 4) is 0 Å². The van der Waals surface area contributed by atoms with Crippen molar-refractivity contribution in [2.75, 3.05) is 11.6 Å². The number of nitrogens with zero attached hydrogens (tertiary/aromatic N) is 2. The van der Waals surface area contributed by atoms with Gasteiger partial charge in [-0.1, -0.05) is 24.3 Å². The molecule has 1 aliphatic rings. The SMILES string of the molecule is FC1=CC(OCc2cccc(C(F)(F)F)c2)=NCN1c1ccccc1C(F)(F)F. The van der Waals surface area contributed by atoms with Crippen LogP contribution in [0, 0.1) is 0 Å². The number of hydrogen-bond acceptors (Lipinski definition) is 3. The topological polar surface area (TPSA) is 24.8 Å². The van der Waals surface area contributed by atoms with Crippen LogP contribution in [0.5, 0.6) is 0 Å². The van der Waals surface area contributed by atoms with Gasteiger partial charge >= 0.3 is 12.4 Å². The van der Waals surface area contributed by atoms with E-state index in [-0.39, 0.29) is 18.1 Å². The van der Waals surface area contributed by atoms with Crippen LogP contribution in [0.15, 0.2) is 65.6 Å². The largest absolute Gasteiger partial charge is 0.473 e. The number of benzene rings is 2. The summed E-state index contributed by atoms with van der Waals surface area (Å²) in [5.41, 5.74) is -2.11. The molecule has 3 nitrogen and oxygen atoms in total. The van der Waals surface area contributed by atoms with Crippen molar-refractivity contribution in [1.82, 2.24) is 0 Å². The summed E-state index contributed by atoms with van der Waals surface area (Å²) in [5.74, 6) is -1.27. The average molecular weight is 418 g/mol. The third-order valence-electron chi connectivity index (χ3n) is 4.01. The van der Waals surface area contributed by atoms with E-state index in [1.807, 2.05) is 0 Å². The van der Waals surface area contributed by atoms with Crippen molar-refractivity contribution >= 4 is 11.6 Å². The van der Waals surface area contributed by atoms with Crippen molar-refractivity contribution in [2.45, 2.75) is 19.0 Å². The predicted octanol–water partition coefficient (Wildman–Crippen LogP) is 5.93. The monoisotopic (exact) mass is 418 g/mol. The molecule has 29 heavy (non-hydrogen) atoms. The first-order valence-corrected chi connectivity index (χ1v) is 8.20. The highest BCUT2D eigenvalue weighted by Crippen LogP contribution is 2.38. The van der Waals surface area contributed by atoms with Crippen molar-refractivity contribution in [3.63, 3.8) is 0 Å². The molecular formula is C19H13F7N2O. The predicted molar refractivity (Wildman–Crippen MR) is 91.6 cm³/mol. The van der Waals surface area contributed by atoms with Crippen molar-refractivity contribution in [3.05, 3.63) is 77.2 Å². The third kappa shape index (κ3) is 4.87. The fourth-order valence-electron chi connectivity index (χ4n) is 2.66. The zero-order valence-electron chi connectivity index (χ0n) is 14.6. The summed E-state index contributed by atoms with van der Waals surface area (Å²) in [4.78, 5) is 4.58. The van der Waals surface area contributed by atoms with Crippen LogP contribution in [0.25, 0.3) is 0 Å². The summed E-state index contributed by atoms with van der Waals surface area (Å²) in [6, 6.07) is 8.84. The lowest BCUT2D eigenvalue weighted by atomic mass is 10.1. The number of halogens is 7. The van der Waals surface area contributed by atoms with Gasteiger partial charge in [0.2, 0.25) is 11.8 Å². The van der Waals surface area contributed by atoms with E-state index in [9.17, 15) is 30.7 Å². The van der Waals surface area contributed by atoms with E-state index in [0.717, 1.165) is 35.2 Å². The standard InChI is InChI=1S/C19H13F7N2O/c20-16-9-17(29-10-12-4-3-5-13(8-12)18(21,22)23)27-11-28(16)15-7-2-1-6-14(15)19(24,25)26/h1-9H,10-11H2. The van der Waals surface area contributed by atoms with Gasteiger partial charge in [0.25, 0.3) is 0 Å². The Morgan fingerprint density at radius 1 is 0.931 bits per heavy atom. The molecule has 0 spiro atoms. The Morgan fingerprint density at radius 3 is 2.31 bits per heavy atom. The Kier molecular flexibility index (Phi) is 5.54. The summed E-state index contributed by atoms with van der Waals surface area (Å²) in [6.07, 6.45) is -8.41. The molecule has 2 aromatic rings. The van der Waals surface area contributed by atoms with E-state index in [1.165, 1.54) is 24.3 Å². The van der Waals surface area contributed by atoms with E-state index in [2.05, 4.69) is 4.99 Å². The minimum atomic E-state index is -4.68. The van der Waals surface area contributed by atoms with E-state index in [4.69, 9.17) is 4.74 Å². The van der Waals surface area contributed by atoms with E-state index >= 15 is 0 Å². The molecule has 2 aromatic carbocycles. The highest BCUT2D eigenvalue weighted by molar-refractivity contribution is 5.90. The maximum atomic E-state index is 14.4. The molecule has 10 heteroatoms. The Labute approximate surface area is 160 Å². The zero-order valence-corrected chi connectivity index (χ0v) is 14.6. The second-order valence-electron chi connectivity index (χ2n) is 6.03. The summed E-state index contributed by atoms with van der Waals surface area (Å²) in [5, 5.41) is 0. The van der Waals surface area contributed by atoms with E-state index in [1.54, 1.807) is 0 Å². The molecule has 154 valence electrons. The summed E-state index contributed by atoms with van der Waals surface area (Å²) < 4.78 is 97.2. The van der Waals surface area contributed by atoms with Gasteiger partial charge in [-0.3, -0.25) is 4.90 Å². The van der Waals surface area contributed by atoms with Crippen LogP contribution in [0.2, 0.25) is 0 Å². The van der Waals surface area contributed by atoms with Crippen LogP contribution in [0.1, 0.15) is 16.7 Å². The first kappa shape index (κ1) is 20.7. The van der Waals surface area contributed by atoms with Gasteiger partial charge < -0.3 is 4.74 Å². The van der Waals surface area contributed by atoms with Crippen LogP contribution < -0.4 is 4.90 Å². The van der Waals surface area contributed by atoms with Gasteiger partial charge in [-0.05, 0) is 29.8 Å². The van der Waals surface area contributed by atoms with Gasteiger partial charge in [0.1, 0.15) is 13.3 Å². The smallest absolute Gasteiger partial charge is 0.418 e. The lowest BCUT2D eigenvalue weighted by Crippen LogP contribution is -2.28. The molecule has 0 aliphatic carbocycles. The summed E-state index contributed by atoms with van der Waals surface area (Å²) >= 11 is 0. The molecule has 3 rings (SSSR count). The fraction of sp³-hybridized carbons (Fsp3) is 0.211. The number of aliphatic imine (C=N–C) groups is 1. The van der Waals surface area contributed by atoms with Crippen LogP contribution in [-0.2, 0) is 23.7 Å². The molecule has 0 unspecified atom stereocenters. The minimum Gasteiger partial charge on any atom is -0.473 e. The molecular weight excluding hydrogens is 405 g/mol. The minimum absolute atomic E-state index is 0.182. The number of ether oxygens (including phenoxy) is 1. The number of anilines is 1. The van der Waals surface area contributed by atoms with Crippen molar-refractivity contribution in [2.24, 2.45) is 4.99 Å². The van der Waals surface area contributed by atoms with Crippen LogP contribution in [-0.4, -0.2) is 12.6 Å². The molecule has 0 amide bonds. The normalized spacial score (nSPS) is 15.1. The molecule has 1 heterocycles. The van der Waals surface area contributed by atoms with Crippen molar-refractivity contribution in [1.29, 1.82) is 0 Å². The summed E-state index contributed by atoms with van der Waals surface area (Å²) in [6.45, 7) is -0.793. The molecule has 0 atom stereocenters. The fourth-order valence-corrected chi connectivity index (χ4v) is 2.66. The molecule has 0 fully saturated rings. The molecule has 1 aliphatic heterocycles. The average Bonchev–Trinajstić information content (AvgIpc) is 2.65. The Morgan fingerprint density at radius 2 is 1.66 bits per heavy atom. The van der Waals surface area contributed by atoms with E-state index < -0.39 is 41.8 Å². The van der Waals surface area contributed by atoms with Gasteiger partial charge in [0.05, 0.1) is 22.9 Å². The molecule has 0 bridgehead atoms. The van der Waals surface area contributed by atoms with Crippen LogP contribution in [0.3, 0.4) is 0 Å². The number of hydrogen-bond donors (Lipinski definition) is 0.